The molecule has 212 valence electrons. The van der Waals surface area contributed by atoms with E-state index in [-0.39, 0.29) is 28.6 Å². The standard InChI is InChI=1S/C31H15F8NOS/c1-14-2-7-25-26(8-14)42-30(40-25)16-4-6-19-15(9-16)3-5-20(28(19)36)17-10-21(32)27(22(33)11-17)31(38,39)41-18-12-23(34)29(37)24(35)13-18/h2-13H,1H3. The molecule has 0 radical (unpaired) electrons. The molecule has 0 bridgehead atoms. The van der Waals surface area contributed by atoms with Crippen molar-refractivity contribution in [3.05, 3.63) is 119 Å². The molecule has 42 heavy (non-hydrogen) atoms. The van der Waals surface area contributed by atoms with Gasteiger partial charge in [-0.3, -0.25) is 0 Å². The number of hydrogen-bond donors (Lipinski definition) is 0. The molecule has 1 aromatic heterocycles. The highest BCUT2D eigenvalue weighted by molar-refractivity contribution is 7.21. The summed E-state index contributed by atoms with van der Waals surface area (Å²) in [5.41, 5.74) is 0.117. The fourth-order valence-corrected chi connectivity index (χ4v) is 5.66. The molecule has 2 nitrogen and oxygen atoms in total. The van der Waals surface area contributed by atoms with Gasteiger partial charge in [-0.1, -0.05) is 30.3 Å². The summed E-state index contributed by atoms with van der Waals surface area (Å²) in [4.78, 5) is 4.62. The molecule has 5 aromatic carbocycles. The lowest BCUT2D eigenvalue weighted by atomic mass is 9.97. The Hall–Kier alpha value is -4.51. The second kappa shape index (κ2) is 10.1. The van der Waals surface area contributed by atoms with Crippen molar-refractivity contribution in [2.45, 2.75) is 13.0 Å². The molecule has 0 spiro atoms. The Morgan fingerprint density at radius 3 is 2.07 bits per heavy atom. The number of aryl methyl sites for hydroxylation is 1. The molecule has 0 aliphatic carbocycles. The topological polar surface area (TPSA) is 22.1 Å². The summed E-state index contributed by atoms with van der Waals surface area (Å²) < 4.78 is 120. The third-order valence-corrected chi connectivity index (χ3v) is 7.66. The van der Waals surface area contributed by atoms with E-state index in [1.807, 2.05) is 25.1 Å². The molecule has 11 heteroatoms. The zero-order valence-corrected chi connectivity index (χ0v) is 22.0. The van der Waals surface area contributed by atoms with E-state index in [9.17, 15) is 30.7 Å². The predicted octanol–water partition coefficient (Wildman–Crippen LogP) is 10.1. The normalized spacial score (nSPS) is 11.9. The summed E-state index contributed by atoms with van der Waals surface area (Å²) in [6.07, 6.45) is -4.76. The average Bonchev–Trinajstić information content (AvgIpc) is 3.34. The first-order valence-electron chi connectivity index (χ1n) is 12.2. The van der Waals surface area contributed by atoms with E-state index in [2.05, 4.69) is 9.72 Å². The van der Waals surface area contributed by atoms with Crippen LogP contribution in [0.2, 0.25) is 0 Å². The molecular formula is C31H15F8NOS. The highest BCUT2D eigenvalue weighted by Crippen LogP contribution is 2.39. The van der Waals surface area contributed by atoms with E-state index in [0.29, 0.717) is 17.5 Å². The van der Waals surface area contributed by atoms with Gasteiger partial charge in [-0.05, 0) is 53.8 Å². The highest BCUT2D eigenvalue weighted by atomic mass is 32.1. The summed E-state index contributed by atoms with van der Waals surface area (Å²) in [5, 5.41) is 1.31. The number of alkyl halides is 2. The van der Waals surface area contributed by atoms with Gasteiger partial charge in [0.2, 0.25) is 0 Å². The van der Waals surface area contributed by atoms with Crippen LogP contribution < -0.4 is 4.74 Å². The first-order valence-corrected chi connectivity index (χ1v) is 13.0. The van der Waals surface area contributed by atoms with Gasteiger partial charge in [-0.15, -0.1) is 11.3 Å². The van der Waals surface area contributed by atoms with E-state index in [1.54, 1.807) is 12.1 Å². The molecule has 0 amide bonds. The average molecular weight is 602 g/mol. The minimum absolute atomic E-state index is 0.101. The van der Waals surface area contributed by atoms with E-state index in [0.717, 1.165) is 26.4 Å². The first-order chi connectivity index (χ1) is 19.9. The monoisotopic (exact) mass is 601 g/mol. The molecule has 0 unspecified atom stereocenters. The Morgan fingerprint density at radius 2 is 1.38 bits per heavy atom. The fourth-order valence-electron chi connectivity index (χ4n) is 4.60. The summed E-state index contributed by atoms with van der Waals surface area (Å²) in [7, 11) is 0. The van der Waals surface area contributed by atoms with Crippen molar-refractivity contribution < 1.29 is 39.9 Å². The van der Waals surface area contributed by atoms with Crippen LogP contribution >= 0.6 is 11.3 Å². The minimum atomic E-state index is -4.76. The zero-order valence-electron chi connectivity index (χ0n) is 21.2. The van der Waals surface area contributed by atoms with Crippen LogP contribution in [0.3, 0.4) is 0 Å². The maximum atomic E-state index is 15.6. The Balaban J connectivity index is 1.34. The van der Waals surface area contributed by atoms with Crippen LogP contribution in [0, 0.1) is 41.8 Å². The van der Waals surface area contributed by atoms with Crippen LogP contribution in [-0.4, -0.2) is 4.98 Å². The van der Waals surface area contributed by atoms with Crippen molar-refractivity contribution >= 4 is 32.3 Å². The van der Waals surface area contributed by atoms with Gasteiger partial charge < -0.3 is 4.74 Å². The molecule has 0 aliphatic rings. The van der Waals surface area contributed by atoms with Gasteiger partial charge in [-0.25, -0.2) is 31.3 Å². The lowest BCUT2D eigenvalue weighted by molar-refractivity contribution is -0.189. The molecule has 0 saturated heterocycles. The van der Waals surface area contributed by atoms with Gasteiger partial charge >= 0.3 is 6.11 Å². The molecule has 0 N–H and O–H groups in total. The molecule has 0 saturated carbocycles. The summed E-state index contributed by atoms with van der Waals surface area (Å²) in [6.45, 7) is 1.97. The van der Waals surface area contributed by atoms with Crippen molar-refractivity contribution in [3.63, 3.8) is 0 Å². The van der Waals surface area contributed by atoms with Crippen molar-refractivity contribution in [1.29, 1.82) is 0 Å². The molecule has 6 aromatic rings. The van der Waals surface area contributed by atoms with Crippen LogP contribution in [-0.2, 0) is 6.11 Å². The fraction of sp³-hybridized carbons (Fsp3) is 0.0645. The van der Waals surface area contributed by atoms with Gasteiger partial charge in [0.1, 0.15) is 33.8 Å². The quantitative estimate of drug-likeness (QED) is 0.145. The van der Waals surface area contributed by atoms with Gasteiger partial charge in [0.05, 0.1) is 10.2 Å². The first kappa shape index (κ1) is 27.6. The number of halogens is 8. The van der Waals surface area contributed by atoms with E-state index < -0.39 is 52.3 Å². The van der Waals surface area contributed by atoms with Crippen molar-refractivity contribution in [1.82, 2.24) is 4.98 Å². The van der Waals surface area contributed by atoms with Crippen molar-refractivity contribution in [2.24, 2.45) is 0 Å². The third-order valence-electron chi connectivity index (χ3n) is 6.59. The van der Waals surface area contributed by atoms with Crippen LogP contribution in [0.5, 0.6) is 5.75 Å². The number of hydrogen-bond acceptors (Lipinski definition) is 3. The largest absolute Gasteiger partial charge is 0.432 e. The minimum Gasteiger partial charge on any atom is -0.429 e. The number of nitrogens with zero attached hydrogens (tertiary/aromatic N) is 1. The summed E-state index contributed by atoms with van der Waals surface area (Å²) in [5.74, 6) is -11.3. The Labute approximate surface area is 236 Å². The van der Waals surface area contributed by atoms with E-state index in [4.69, 9.17) is 0 Å². The van der Waals surface area contributed by atoms with Gasteiger partial charge in [0.15, 0.2) is 17.5 Å². The van der Waals surface area contributed by atoms with Crippen molar-refractivity contribution in [2.75, 3.05) is 0 Å². The number of rotatable bonds is 5. The zero-order chi connectivity index (χ0) is 29.9. The Morgan fingerprint density at radius 1 is 0.690 bits per heavy atom. The van der Waals surface area contributed by atoms with Crippen LogP contribution in [0.1, 0.15) is 11.1 Å². The maximum absolute atomic E-state index is 15.6. The summed E-state index contributed by atoms with van der Waals surface area (Å²) >= 11 is 1.47. The smallest absolute Gasteiger partial charge is 0.429 e. The van der Waals surface area contributed by atoms with Crippen molar-refractivity contribution in [3.8, 4) is 27.4 Å². The maximum Gasteiger partial charge on any atom is 0.432 e. The molecular weight excluding hydrogens is 586 g/mol. The van der Waals surface area contributed by atoms with Crippen LogP contribution in [0.4, 0.5) is 35.1 Å². The second-order valence-electron chi connectivity index (χ2n) is 9.49. The summed E-state index contributed by atoms with van der Waals surface area (Å²) in [6, 6.07) is 14.7. The number of benzene rings is 5. The van der Waals surface area contributed by atoms with Gasteiger partial charge in [0, 0.05) is 28.6 Å². The SMILES string of the molecule is Cc1ccc2nc(-c3ccc4c(F)c(-c5cc(F)c(C(F)(F)Oc6cc(F)c(F)c(F)c6)c(F)c5)ccc4c3)sc2c1. The second-order valence-corrected chi connectivity index (χ2v) is 10.5. The lowest BCUT2D eigenvalue weighted by Crippen LogP contribution is -2.25. The third kappa shape index (κ3) is 4.83. The number of aromatic nitrogens is 1. The number of ether oxygens (including phenoxy) is 1. The molecule has 6 rings (SSSR count). The molecule has 0 aliphatic heterocycles. The molecule has 0 atom stereocenters. The highest BCUT2D eigenvalue weighted by Gasteiger charge is 2.41. The Kier molecular flexibility index (Phi) is 6.64. The van der Waals surface area contributed by atoms with Gasteiger partial charge in [-0.2, -0.15) is 8.78 Å². The molecule has 1 heterocycles. The number of fused-ring (bicyclic) bond motifs is 2. The predicted molar refractivity (Wildman–Crippen MR) is 143 cm³/mol. The lowest BCUT2D eigenvalue weighted by Gasteiger charge is -2.20. The van der Waals surface area contributed by atoms with Gasteiger partial charge in [0.25, 0.3) is 0 Å². The van der Waals surface area contributed by atoms with E-state index in [1.165, 1.54) is 29.5 Å². The van der Waals surface area contributed by atoms with Crippen LogP contribution in [0.25, 0.3) is 42.7 Å². The van der Waals surface area contributed by atoms with E-state index >= 15 is 4.39 Å². The number of thiazole rings is 1. The molecule has 0 fully saturated rings. The van der Waals surface area contributed by atoms with Crippen LogP contribution in [0.15, 0.2) is 72.8 Å². The Bertz CT molecular complexity index is 1990.